The molecule has 4 heteroatoms. The number of aromatic nitrogens is 4. The number of nitrogens with zero attached hydrogens (tertiary/aromatic N) is 4. The Morgan fingerprint density at radius 3 is 0.764 bits per heavy atom. The molecule has 3 aromatic heterocycles. The van der Waals surface area contributed by atoms with Crippen LogP contribution in [0.25, 0.3) is 227 Å². The second-order valence-corrected chi connectivity index (χ2v) is 32.5. The highest BCUT2D eigenvalue weighted by Gasteiger charge is 2.24. The van der Waals surface area contributed by atoms with E-state index in [4.69, 9.17) is 4.98 Å². The van der Waals surface area contributed by atoms with Crippen LogP contribution in [0.1, 0.15) is 0 Å². The lowest BCUT2D eigenvalue weighted by atomic mass is 9.82. The lowest BCUT2D eigenvalue weighted by Gasteiger charge is -2.21. The Labute approximate surface area is 739 Å². The number of fused-ring (bicyclic) bond motifs is 5. The van der Waals surface area contributed by atoms with Gasteiger partial charge in [0, 0.05) is 36.0 Å². The fraction of sp³-hybridized carbons (Fsp3) is 0. The van der Waals surface area contributed by atoms with Crippen molar-refractivity contribution in [2.24, 2.45) is 0 Å². The molecule has 0 saturated carbocycles. The Morgan fingerprint density at radius 1 is 0.142 bits per heavy atom. The van der Waals surface area contributed by atoms with Crippen LogP contribution in [-0.4, -0.2) is 19.5 Å². The topological polar surface area (TPSA) is 43.6 Å². The van der Waals surface area contributed by atoms with Gasteiger partial charge in [-0.1, -0.05) is 346 Å². The summed E-state index contributed by atoms with van der Waals surface area (Å²) in [5, 5.41) is 9.68. The minimum Gasteiger partial charge on any atom is -0.292 e. The molecule has 0 atom stereocenters. The quantitative estimate of drug-likeness (QED) is 0.0906. The summed E-state index contributed by atoms with van der Waals surface area (Å²) in [6, 6.07) is 172. The standard InChI is InChI=1S/C69H46N2.C54H36N2/c1-6-20-47(21-7-1)54-40-55(48-22-8-2-9-23-48)43-58(42-54)67-61-30-16-17-31-62(61)68(59-44-56(49-24-10-3-11-25-49)41-57(45-59)50-26-12-4-13-27-50)64-46-53(38-39-63(64)67)51-34-36-52(37-35-51)69-70-65-32-18-19-33-66(65)71(69)60-28-14-5-15-29-60;1-3-11-37(12-4-1)46-33-47(38-13-5-2-6-14-38)35-48(34-46)43-21-22-51-52(36-43)54(45-18-10-16-42(32-45)40-25-29-56-30-26-40)50-20-8-7-19-49(50)53(51)44-17-9-15-41(31-44)39-23-27-55-28-24-39/h1-46H;1-36H. The van der Waals surface area contributed by atoms with Gasteiger partial charge in [0.25, 0.3) is 0 Å². The highest BCUT2D eigenvalue weighted by atomic mass is 15.1. The molecule has 4 nitrogen and oxygen atoms in total. The molecule has 0 aliphatic carbocycles. The van der Waals surface area contributed by atoms with Gasteiger partial charge in [-0.3, -0.25) is 14.5 Å². The summed E-state index contributed by atoms with van der Waals surface area (Å²) in [5.41, 5.74) is 37.3. The molecule has 0 fully saturated rings. The first-order valence-electron chi connectivity index (χ1n) is 43.4. The summed E-state index contributed by atoms with van der Waals surface area (Å²) in [6.07, 6.45) is 7.45. The Kier molecular flexibility index (Phi) is 20.4. The van der Waals surface area contributed by atoms with E-state index in [-0.39, 0.29) is 0 Å². The molecular weight excluding hydrogens is 1530 g/mol. The third-order valence-electron chi connectivity index (χ3n) is 24.8. The Bertz CT molecular complexity index is 7810. The van der Waals surface area contributed by atoms with Gasteiger partial charge in [0.15, 0.2) is 0 Å². The second-order valence-electron chi connectivity index (χ2n) is 32.5. The third-order valence-corrected chi connectivity index (χ3v) is 24.8. The molecule has 0 radical (unpaired) electrons. The highest BCUT2D eigenvalue weighted by molar-refractivity contribution is 6.24. The van der Waals surface area contributed by atoms with Crippen LogP contribution in [0.4, 0.5) is 0 Å². The minimum atomic E-state index is 0.918. The van der Waals surface area contributed by atoms with Crippen molar-refractivity contribution in [3.63, 3.8) is 0 Å². The van der Waals surface area contributed by atoms with Gasteiger partial charge < -0.3 is 0 Å². The molecule has 3 heterocycles. The van der Waals surface area contributed by atoms with E-state index in [1.165, 1.54) is 171 Å². The van der Waals surface area contributed by atoms with E-state index in [1.54, 1.807) is 0 Å². The van der Waals surface area contributed by atoms with Crippen molar-refractivity contribution in [2.75, 3.05) is 0 Å². The lowest BCUT2D eigenvalue weighted by molar-refractivity contribution is 1.10. The SMILES string of the molecule is c1ccc(-c2cc(-c3ccccc3)cc(-c3c4ccccc4c(-c4cc(-c5ccccc5)cc(-c5ccccc5)c4)c4cc(-c5ccc(-c6nc7ccccc7n6-c6ccccc6)cc5)ccc34)c2)cc1.c1ccc(-c2cc(-c3ccccc3)cc(-c3ccc4c(-c5cccc(-c6ccncc6)c5)c5ccccc5c(-c5cccc(-c6ccncc6)c5)c4c3)c2)cc1. The average molecular weight is 1620 g/mol. The summed E-state index contributed by atoms with van der Waals surface area (Å²) in [4.78, 5) is 13.7. The highest BCUT2D eigenvalue weighted by Crippen LogP contribution is 2.51. The summed E-state index contributed by atoms with van der Waals surface area (Å²) >= 11 is 0. The van der Waals surface area contributed by atoms with Crippen LogP contribution in [0.2, 0.25) is 0 Å². The summed E-state index contributed by atoms with van der Waals surface area (Å²) in [5.74, 6) is 0.918. The maximum Gasteiger partial charge on any atom is 0.145 e. The van der Waals surface area contributed by atoms with Crippen LogP contribution in [0, 0.1) is 0 Å². The van der Waals surface area contributed by atoms with Crippen molar-refractivity contribution in [3.05, 3.63) is 498 Å². The first-order valence-corrected chi connectivity index (χ1v) is 43.4. The van der Waals surface area contributed by atoms with Gasteiger partial charge in [0.1, 0.15) is 5.82 Å². The zero-order valence-corrected chi connectivity index (χ0v) is 69.6. The fourth-order valence-corrected chi connectivity index (χ4v) is 18.7. The number of para-hydroxylation sites is 3. The number of imidazole rings is 1. The maximum absolute atomic E-state index is 5.19. The van der Waals surface area contributed by atoms with Gasteiger partial charge in [0.2, 0.25) is 0 Å². The molecule has 127 heavy (non-hydrogen) atoms. The molecule has 23 rings (SSSR count). The normalized spacial score (nSPS) is 11.3. The first-order chi connectivity index (χ1) is 63.0. The van der Waals surface area contributed by atoms with Crippen molar-refractivity contribution >= 4 is 54.1 Å². The summed E-state index contributed by atoms with van der Waals surface area (Å²) in [6.45, 7) is 0. The second kappa shape index (κ2) is 33.9. The molecule has 0 spiro atoms. The van der Waals surface area contributed by atoms with Gasteiger partial charge in [0.05, 0.1) is 11.0 Å². The van der Waals surface area contributed by atoms with Crippen LogP contribution < -0.4 is 0 Å². The van der Waals surface area contributed by atoms with E-state index in [9.17, 15) is 0 Å². The average Bonchev–Trinajstić information content (AvgIpc) is 1.27. The van der Waals surface area contributed by atoms with E-state index in [0.717, 1.165) is 55.9 Å². The summed E-state index contributed by atoms with van der Waals surface area (Å²) < 4.78 is 2.27. The molecule has 0 aliphatic rings. The Hall–Kier alpha value is -16.8. The number of rotatable bonds is 16. The number of benzene rings is 20. The fourth-order valence-electron chi connectivity index (χ4n) is 18.7. The van der Waals surface area contributed by atoms with Crippen molar-refractivity contribution in [2.45, 2.75) is 0 Å². The number of hydrogen-bond acceptors (Lipinski definition) is 3. The van der Waals surface area contributed by atoms with Gasteiger partial charge in [-0.05, 0) is 326 Å². The Balaban J connectivity index is 0.000000154. The van der Waals surface area contributed by atoms with Crippen molar-refractivity contribution in [1.29, 1.82) is 0 Å². The van der Waals surface area contributed by atoms with E-state index < -0.39 is 0 Å². The predicted octanol–water partition coefficient (Wildman–Crippen LogP) is 33.1. The van der Waals surface area contributed by atoms with Crippen LogP contribution in [-0.2, 0) is 0 Å². The van der Waals surface area contributed by atoms with E-state index in [2.05, 4.69) is 488 Å². The zero-order valence-electron chi connectivity index (χ0n) is 69.6. The maximum atomic E-state index is 5.19. The van der Waals surface area contributed by atoms with Gasteiger partial charge in [-0.25, -0.2) is 4.98 Å². The molecule has 0 N–H and O–H groups in total. The first kappa shape index (κ1) is 76.4. The molecule has 594 valence electrons. The molecule has 0 saturated heterocycles. The van der Waals surface area contributed by atoms with Crippen LogP contribution >= 0.6 is 0 Å². The molecule has 20 aromatic carbocycles. The molecule has 23 aromatic rings. The van der Waals surface area contributed by atoms with Crippen molar-refractivity contribution < 1.29 is 0 Å². The number of pyridine rings is 2. The van der Waals surface area contributed by atoms with E-state index in [1.807, 2.05) is 24.8 Å². The lowest BCUT2D eigenvalue weighted by Crippen LogP contribution is -1.97. The number of hydrogen-bond donors (Lipinski definition) is 0. The van der Waals surface area contributed by atoms with Crippen molar-refractivity contribution in [1.82, 2.24) is 19.5 Å². The zero-order chi connectivity index (χ0) is 84.4. The van der Waals surface area contributed by atoms with E-state index >= 15 is 0 Å². The Morgan fingerprint density at radius 2 is 0.378 bits per heavy atom. The molecule has 0 bridgehead atoms. The minimum absolute atomic E-state index is 0.918. The smallest absolute Gasteiger partial charge is 0.145 e. The van der Waals surface area contributed by atoms with Gasteiger partial charge >= 0.3 is 0 Å². The van der Waals surface area contributed by atoms with E-state index in [0.29, 0.717) is 0 Å². The van der Waals surface area contributed by atoms with Crippen LogP contribution in [0.15, 0.2) is 498 Å². The van der Waals surface area contributed by atoms with Crippen LogP contribution in [0.3, 0.4) is 0 Å². The summed E-state index contributed by atoms with van der Waals surface area (Å²) in [7, 11) is 0. The molecule has 0 aliphatic heterocycles. The molecule has 0 unspecified atom stereocenters. The third kappa shape index (κ3) is 15.1. The van der Waals surface area contributed by atoms with Crippen LogP contribution in [0.5, 0.6) is 0 Å². The van der Waals surface area contributed by atoms with Gasteiger partial charge in [-0.2, -0.15) is 0 Å². The monoisotopic (exact) mass is 1610 g/mol. The molecule has 0 amide bonds. The molecular formula is C123H82N4. The predicted molar refractivity (Wildman–Crippen MR) is 535 cm³/mol. The largest absolute Gasteiger partial charge is 0.292 e. The van der Waals surface area contributed by atoms with Crippen molar-refractivity contribution in [3.8, 4) is 173 Å². The van der Waals surface area contributed by atoms with Gasteiger partial charge in [-0.15, -0.1) is 0 Å².